The van der Waals surface area contributed by atoms with Gasteiger partial charge >= 0.3 is 0 Å². The molecule has 0 saturated carbocycles. The van der Waals surface area contributed by atoms with E-state index in [4.69, 9.17) is 0 Å². The molecule has 0 N–H and O–H groups in total. The minimum Gasteiger partial charge on any atom is -0.336 e. The summed E-state index contributed by atoms with van der Waals surface area (Å²) in [5, 5.41) is 0. The summed E-state index contributed by atoms with van der Waals surface area (Å²) in [6.07, 6.45) is 9.54. The van der Waals surface area contributed by atoms with Crippen LogP contribution in [0.4, 0.5) is 0 Å². The van der Waals surface area contributed by atoms with Crippen LogP contribution in [-0.4, -0.2) is 25.4 Å². The first-order chi connectivity index (χ1) is 6.90. The highest BCUT2D eigenvalue weighted by atomic mass is 16.1. The van der Waals surface area contributed by atoms with Crippen molar-refractivity contribution in [2.75, 3.05) is 0 Å². The standard InChI is InChI=1S/C9H10N4O/c14-7-9-11-2-4-13(9)6-5-12-3-1-10-8-12/h1-4,7-8H,5-6H2. The van der Waals surface area contributed by atoms with Crippen LogP contribution in [0.5, 0.6) is 0 Å². The third-order valence-electron chi connectivity index (χ3n) is 2.01. The fourth-order valence-corrected chi connectivity index (χ4v) is 1.27. The maximum Gasteiger partial charge on any atom is 0.185 e. The number of hydrogen-bond acceptors (Lipinski definition) is 3. The Kier molecular flexibility index (Phi) is 2.40. The Hall–Kier alpha value is -1.91. The molecule has 2 aromatic heterocycles. The van der Waals surface area contributed by atoms with Crippen molar-refractivity contribution < 1.29 is 4.79 Å². The van der Waals surface area contributed by atoms with Crippen LogP contribution in [0.25, 0.3) is 0 Å². The van der Waals surface area contributed by atoms with Gasteiger partial charge in [0.1, 0.15) is 0 Å². The van der Waals surface area contributed by atoms with E-state index in [1.165, 1.54) is 0 Å². The smallest absolute Gasteiger partial charge is 0.185 e. The van der Waals surface area contributed by atoms with Gasteiger partial charge in [-0.25, -0.2) is 9.97 Å². The lowest BCUT2D eigenvalue weighted by Crippen LogP contribution is -2.08. The Bertz CT molecular complexity index is 404. The van der Waals surface area contributed by atoms with E-state index in [1.54, 1.807) is 24.9 Å². The first kappa shape index (κ1) is 8.68. The first-order valence-corrected chi connectivity index (χ1v) is 4.32. The van der Waals surface area contributed by atoms with Crippen LogP contribution in [0.3, 0.4) is 0 Å². The Morgan fingerprint density at radius 2 is 2.21 bits per heavy atom. The third kappa shape index (κ3) is 1.71. The second-order valence-electron chi connectivity index (χ2n) is 2.90. The van der Waals surface area contributed by atoms with Crippen LogP contribution in [0, 0.1) is 0 Å². The summed E-state index contributed by atoms with van der Waals surface area (Å²) in [5.41, 5.74) is 0. The molecule has 0 aliphatic heterocycles. The summed E-state index contributed by atoms with van der Waals surface area (Å²) in [5.74, 6) is 0.463. The highest BCUT2D eigenvalue weighted by Gasteiger charge is 1.99. The minimum atomic E-state index is 0.463. The second kappa shape index (κ2) is 3.87. The summed E-state index contributed by atoms with van der Waals surface area (Å²) >= 11 is 0. The average Bonchev–Trinajstić information content (AvgIpc) is 2.85. The molecule has 0 unspecified atom stereocenters. The van der Waals surface area contributed by atoms with Gasteiger partial charge in [0.15, 0.2) is 12.1 Å². The molecule has 0 atom stereocenters. The molecule has 0 aliphatic carbocycles. The fourth-order valence-electron chi connectivity index (χ4n) is 1.27. The van der Waals surface area contributed by atoms with E-state index in [-0.39, 0.29) is 0 Å². The molecule has 0 spiro atoms. The maximum atomic E-state index is 10.5. The Morgan fingerprint density at radius 3 is 2.93 bits per heavy atom. The van der Waals surface area contributed by atoms with Gasteiger partial charge in [0.05, 0.1) is 6.33 Å². The lowest BCUT2D eigenvalue weighted by atomic mass is 10.5. The van der Waals surface area contributed by atoms with Gasteiger partial charge in [-0.15, -0.1) is 0 Å². The van der Waals surface area contributed by atoms with Crippen molar-refractivity contribution in [1.29, 1.82) is 0 Å². The van der Waals surface area contributed by atoms with Crippen molar-refractivity contribution >= 4 is 6.29 Å². The van der Waals surface area contributed by atoms with Gasteiger partial charge in [0.2, 0.25) is 0 Å². The molecule has 2 rings (SSSR count). The van der Waals surface area contributed by atoms with Crippen molar-refractivity contribution in [3.63, 3.8) is 0 Å². The largest absolute Gasteiger partial charge is 0.336 e. The highest BCUT2D eigenvalue weighted by molar-refractivity contribution is 5.69. The molecule has 72 valence electrons. The van der Waals surface area contributed by atoms with Crippen LogP contribution in [0.2, 0.25) is 0 Å². The zero-order valence-corrected chi connectivity index (χ0v) is 7.58. The molecule has 2 heterocycles. The third-order valence-corrected chi connectivity index (χ3v) is 2.01. The molecule has 0 aliphatic rings. The van der Waals surface area contributed by atoms with E-state index in [1.807, 2.05) is 15.3 Å². The summed E-state index contributed by atoms with van der Waals surface area (Å²) < 4.78 is 3.77. The molecule has 5 heteroatoms. The van der Waals surface area contributed by atoms with Crippen molar-refractivity contribution in [2.45, 2.75) is 13.1 Å². The van der Waals surface area contributed by atoms with Crippen LogP contribution in [-0.2, 0) is 13.1 Å². The van der Waals surface area contributed by atoms with Gasteiger partial charge in [0, 0.05) is 37.9 Å². The zero-order chi connectivity index (χ0) is 9.80. The quantitative estimate of drug-likeness (QED) is 0.663. The summed E-state index contributed by atoms with van der Waals surface area (Å²) in [6, 6.07) is 0. The monoisotopic (exact) mass is 190 g/mol. The molecular weight excluding hydrogens is 180 g/mol. The SMILES string of the molecule is O=Cc1nccn1CCn1ccnc1. The molecule has 0 aromatic carbocycles. The number of aromatic nitrogens is 4. The van der Waals surface area contributed by atoms with Gasteiger partial charge in [0.25, 0.3) is 0 Å². The topological polar surface area (TPSA) is 52.7 Å². The summed E-state index contributed by atoms with van der Waals surface area (Å²) in [7, 11) is 0. The Balaban J connectivity index is 2.01. The Labute approximate surface area is 81.0 Å². The van der Waals surface area contributed by atoms with Crippen LogP contribution in [0.15, 0.2) is 31.1 Å². The van der Waals surface area contributed by atoms with Gasteiger partial charge in [-0.1, -0.05) is 0 Å². The summed E-state index contributed by atoms with van der Waals surface area (Å²) in [6.45, 7) is 1.52. The number of carbonyl (C=O) groups is 1. The fraction of sp³-hybridized carbons (Fsp3) is 0.222. The average molecular weight is 190 g/mol. The molecular formula is C9H10N4O. The normalized spacial score (nSPS) is 10.3. The van der Waals surface area contributed by atoms with E-state index in [2.05, 4.69) is 9.97 Å². The van der Waals surface area contributed by atoms with Crippen molar-refractivity contribution in [3.05, 3.63) is 36.9 Å². The molecule has 0 saturated heterocycles. The van der Waals surface area contributed by atoms with Crippen molar-refractivity contribution in [2.24, 2.45) is 0 Å². The number of hydrogen-bond donors (Lipinski definition) is 0. The van der Waals surface area contributed by atoms with Crippen molar-refractivity contribution in [1.82, 2.24) is 19.1 Å². The predicted octanol–water partition coefficient (Wildman–Crippen LogP) is 0.592. The van der Waals surface area contributed by atoms with E-state index in [0.717, 1.165) is 19.4 Å². The maximum absolute atomic E-state index is 10.5. The highest BCUT2D eigenvalue weighted by Crippen LogP contribution is 1.96. The molecule has 5 nitrogen and oxygen atoms in total. The molecule has 0 bridgehead atoms. The number of aldehydes is 1. The van der Waals surface area contributed by atoms with Crippen LogP contribution in [0.1, 0.15) is 10.6 Å². The van der Waals surface area contributed by atoms with E-state index in [0.29, 0.717) is 5.82 Å². The van der Waals surface area contributed by atoms with Crippen molar-refractivity contribution in [3.8, 4) is 0 Å². The zero-order valence-electron chi connectivity index (χ0n) is 7.58. The Morgan fingerprint density at radius 1 is 1.29 bits per heavy atom. The van der Waals surface area contributed by atoms with Gasteiger partial charge < -0.3 is 9.13 Å². The number of rotatable bonds is 4. The number of imidazole rings is 2. The van der Waals surface area contributed by atoms with Crippen LogP contribution >= 0.6 is 0 Å². The minimum absolute atomic E-state index is 0.463. The number of aryl methyl sites for hydroxylation is 2. The first-order valence-electron chi connectivity index (χ1n) is 4.32. The number of carbonyl (C=O) groups excluding carboxylic acids is 1. The molecule has 2 aromatic rings. The van der Waals surface area contributed by atoms with E-state index >= 15 is 0 Å². The second-order valence-corrected chi connectivity index (χ2v) is 2.90. The molecule has 0 radical (unpaired) electrons. The van der Waals surface area contributed by atoms with Gasteiger partial charge in [-0.05, 0) is 0 Å². The summed E-state index contributed by atoms with van der Waals surface area (Å²) in [4.78, 5) is 18.4. The molecule has 0 amide bonds. The van der Waals surface area contributed by atoms with E-state index < -0.39 is 0 Å². The van der Waals surface area contributed by atoms with Crippen LogP contribution < -0.4 is 0 Å². The predicted molar refractivity (Wildman–Crippen MR) is 49.8 cm³/mol. The van der Waals surface area contributed by atoms with E-state index in [9.17, 15) is 4.79 Å². The van der Waals surface area contributed by atoms with Gasteiger partial charge in [-0.2, -0.15) is 0 Å². The molecule has 0 fully saturated rings. The lowest BCUT2D eigenvalue weighted by Gasteiger charge is -2.04. The lowest BCUT2D eigenvalue weighted by molar-refractivity contribution is 0.111. The van der Waals surface area contributed by atoms with Gasteiger partial charge in [-0.3, -0.25) is 4.79 Å². The molecule has 14 heavy (non-hydrogen) atoms. The number of nitrogens with zero attached hydrogens (tertiary/aromatic N) is 4.